The monoisotopic (exact) mass is 189 g/mol. The van der Waals surface area contributed by atoms with Crippen LogP contribution in [0.4, 0.5) is 5.69 Å². The van der Waals surface area contributed by atoms with Gasteiger partial charge in [0.15, 0.2) is 0 Å². The van der Waals surface area contributed by atoms with Crippen LogP contribution in [0.25, 0.3) is 0 Å². The van der Waals surface area contributed by atoms with E-state index in [-0.39, 0.29) is 0 Å². The molecule has 1 aliphatic rings. The van der Waals surface area contributed by atoms with E-state index in [0.29, 0.717) is 5.75 Å². The highest BCUT2D eigenvalue weighted by Gasteiger charge is 2.08. The van der Waals surface area contributed by atoms with Crippen molar-refractivity contribution in [2.75, 3.05) is 17.6 Å². The van der Waals surface area contributed by atoms with Gasteiger partial charge in [0.25, 0.3) is 0 Å². The lowest BCUT2D eigenvalue weighted by Crippen LogP contribution is -1.90. The summed E-state index contributed by atoms with van der Waals surface area (Å²) in [6.45, 7) is 1.05. The summed E-state index contributed by atoms with van der Waals surface area (Å²) in [5.41, 5.74) is 3.74. The minimum atomic E-state index is 0.620. The maximum Gasteiger partial charge on any atom is 0.0521 e. The summed E-state index contributed by atoms with van der Waals surface area (Å²) < 4.78 is 0. The van der Waals surface area contributed by atoms with Crippen LogP contribution < -0.4 is 5.32 Å². The highest BCUT2D eigenvalue weighted by Crippen LogP contribution is 2.22. The minimum absolute atomic E-state index is 0.620. The molecule has 66 valence electrons. The Hall–Kier alpha value is -1.07. The second-order valence-electron chi connectivity index (χ2n) is 3.01. The van der Waals surface area contributed by atoms with E-state index in [2.05, 4.69) is 41.9 Å². The molecule has 1 aromatic carbocycles. The molecule has 0 aromatic heterocycles. The first kappa shape index (κ1) is 8.52. The fourth-order valence-electron chi connectivity index (χ4n) is 1.52. The van der Waals surface area contributed by atoms with Crippen LogP contribution in [0.5, 0.6) is 0 Å². The highest BCUT2D eigenvalue weighted by atomic mass is 32.1. The topological polar surface area (TPSA) is 12.0 Å². The summed E-state index contributed by atoms with van der Waals surface area (Å²) in [5.74, 6) is 6.64. The van der Waals surface area contributed by atoms with Crippen molar-refractivity contribution < 1.29 is 0 Å². The van der Waals surface area contributed by atoms with Crippen molar-refractivity contribution in [1.82, 2.24) is 0 Å². The van der Waals surface area contributed by atoms with Crippen molar-refractivity contribution in [3.8, 4) is 11.8 Å². The zero-order valence-electron chi connectivity index (χ0n) is 7.30. The number of hydrogen-bond donors (Lipinski definition) is 2. The molecule has 2 rings (SSSR count). The molecular formula is C11H11NS. The number of thiol groups is 1. The van der Waals surface area contributed by atoms with Gasteiger partial charge in [0, 0.05) is 17.8 Å². The summed E-state index contributed by atoms with van der Waals surface area (Å²) in [6.07, 6.45) is 1.12. The number of benzene rings is 1. The third-order valence-corrected chi connectivity index (χ3v) is 2.28. The second-order valence-corrected chi connectivity index (χ2v) is 3.32. The van der Waals surface area contributed by atoms with E-state index in [4.69, 9.17) is 0 Å². The lowest BCUT2D eigenvalue weighted by atomic mass is 10.1. The number of anilines is 1. The van der Waals surface area contributed by atoms with Gasteiger partial charge in [-0.3, -0.25) is 0 Å². The molecule has 0 saturated heterocycles. The Bertz CT molecular complexity index is 373. The van der Waals surface area contributed by atoms with Crippen LogP contribution in [-0.4, -0.2) is 12.3 Å². The van der Waals surface area contributed by atoms with Crippen LogP contribution in [0, 0.1) is 11.8 Å². The summed E-state index contributed by atoms with van der Waals surface area (Å²) >= 11 is 4.05. The molecule has 1 aliphatic heterocycles. The zero-order chi connectivity index (χ0) is 9.10. The number of nitrogens with one attached hydrogen (secondary N) is 1. The third-order valence-electron chi connectivity index (χ3n) is 2.13. The highest BCUT2D eigenvalue weighted by molar-refractivity contribution is 7.80. The molecule has 13 heavy (non-hydrogen) atoms. The molecule has 1 nitrogen and oxygen atoms in total. The van der Waals surface area contributed by atoms with Crippen LogP contribution in [0.3, 0.4) is 0 Å². The molecule has 0 atom stereocenters. The Morgan fingerprint density at radius 2 is 2.38 bits per heavy atom. The average Bonchev–Trinajstić information content (AvgIpc) is 2.61. The average molecular weight is 189 g/mol. The van der Waals surface area contributed by atoms with Crippen LogP contribution in [0.2, 0.25) is 0 Å². The summed E-state index contributed by atoms with van der Waals surface area (Å²) in [4.78, 5) is 0. The Morgan fingerprint density at radius 1 is 1.46 bits per heavy atom. The van der Waals surface area contributed by atoms with E-state index in [0.717, 1.165) is 18.5 Å². The van der Waals surface area contributed by atoms with Gasteiger partial charge in [-0.2, -0.15) is 12.6 Å². The number of rotatable bonds is 0. The molecule has 0 saturated carbocycles. The normalized spacial score (nSPS) is 12.7. The third kappa shape index (κ3) is 1.81. The fourth-order valence-corrected chi connectivity index (χ4v) is 1.60. The molecule has 0 amide bonds. The van der Waals surface area contributed by atoms with Gasteiger partial charge in [0.05, 0.1) is 5.75 Å². The first-order valence-electron chi connectivity index (χ1n) is 4.36. The van der Waals surface area contributed by atoms with Gasteiger partial charge in [-0.25, -0.2) is 0 Å². The smallest absolute Gasteiger partial charge is 0.0521 e. The van der Waals surface area contributed by atoms with E-state index in [1.807, 2.05) is 6.07 Å². The van der Waals surface area contributed by atoms with Gasteiger partial charge in [-0.05, 0) is 30.2 Å². The van der Waals surface area contributed by atoms with Gasteiger partial charge >= 0.3 is 0 Å². The standard InChI is InChI=1S/C11H11NS/c13-7-1-2-9-3-4-11-10(8-9)5-6-12-11/h3-4,8,12-13H,5-7H2. The molecule has 0 bridgehead atoms. The van der Waals surface area contributed by atoms with Crippen molar-refractivity contribution in [2.45, 2.75) is 6.42 Å². The van der Waals surface area contributed by atoms with Gasteiger partial charge in [0.1, 0.15) is 0 Å². The van der Waals surface area contributed by atoms with Crippen LogP contribution in [-0.2, 0) is 6.42 Å². The lowest BCUT2D eigenvalue weighted by Gasteiger charge is -1.98. The Labute approximate surface area is 84.0 Å². The van der Waals surface area contributed by atoms with Crippen molar-refractivity contribution >= 4 is 18.3 Å². The first-order chi connectivity index (χ1) is 6.40. The van der Waals surface area contributed by atoms with Crippen LogP contribution in [0.15, 0.2) is 18.2 Å². The lowest BCUT2D eigenvalue weighted by molar-refractivity contribution is 1.11. The molecule has 1 aromatic rings. The minimum Gasteiger partial charge on any atom is -0.384 e. The summed E-state index contributed by atoms with van der Waals surface area (Å²) in [5, 5.41) is 3.32. The first-order valence-corrected chi connectivity index (χ1v) is 5.00. The number of hydrogen-bond acceptors (Lipinski definition) is 2. The quantitative estimate of drug-likeness (QED) is 0.469. The van der Waals surface area contributed by atoms with E-state index in [9.17, 15) is 0 Å². The number of fused-ring (bicyclic) bond motifs is 1. The summed E-state index contributed by atoms with van der Waals surface area (Å²) in [6, 6.07) is 6.31. The summed E-state index contributed by atoms with van der Waals surface area (Å²) in [7, 11) is 0. The molecule has 0 unspecified atom stereocenters. The largest absolute Gasteiger partial charge is 0.384 e. The van der Waals surface area contributed by atoms with Gasteiger partial charge < -0.3 is 5.32 Å². The van der Waals surface area contributed by atoms with Crippen LogP contribution >= 0.6 is 12.6 Å². The van der Waals surface area contributed by atoms with Gasteiger partial charge in [-0.15, -0.1) is 0 Å². The molecule has 1 heterocycles. The van der Waals surface area contributed by atoms with Crippen molar-refractivity contribution in [3.63, 3.8) is 0 Å². The molecule has 2 heteroatoms. The van der Waals surface area contributed by atoms with Crippen molar-refractivity contribution in [2.24, 2.45) is 0 Å². The molecule has 1 N–H and O–H groups in total. The SMILES string of the molecule is SCC#Cc1ccc2c(c1)CCN2. The van der Waals surface area contributed by atoms with Crippen molar-refractivity contribution in [3.05, 3.63) is 29.3 Å². The molecule has 0 radical (unpaired) electrons. The maximum atomic E-state index is 4.05. The molecule has 0 spiro atoms. The molecule has 0 fully saturated rings. The Balaban J connectivity index is 2.31. The predicted molar refractivity (Wildman–Crippen MR) is 59.4 cm³/mol. The fraction of sp³-hybridized carbons (Fsp3) is 0.273. The second kappa shape index (κ2) is 3.76. The van der Waals surface area contributed by atoms with Gasteiger partial charge in [-0.1, -0.05) is 11.8 Å². The molecular weight excluding hydrogens is 178 g/mol. The van der Waals surface area contributed by atoms with E-state index in [1.54, 1.807) is 0 Å². The van der Waals surface area contributed by atoms with E-state index < -0.39 is 0 Å². The Kier molecular flexibility index (Phi) is 2.47. The Morgan fingerprint density at radius 3 is 3.23 bits per heavy atom. The van der Waals surface area contributed by atoms with Gasteiger partial charge in [0.2, 0.25) is 0 Å². The zero-order valence-corrected chi connectivity index (χ0v) is 8.20. The van der Waals surface area contributed by atoms with Crippen LogP contribution in [0.1, 0.15) is 11.1 Å². The van der Waals surface area contributed by atoms with E-state index >= 15 is 0 Å². The predicted octanol–water partition coefficient (Wildman–Crippen LogP) is 1.94. The molecule has 0 aliphatic carbocycles. The maximum absolute atomic E-state index is 4.05. The van der Waals surface area contributed by atoms with E-state index in [1.165, 1.54) is 11.3 Å². The van der Waals surface area contributed by atoms with Crippen molar-refractivity contribution in [1.29, 1.82) is 0 Å².